The molecule has 0 aliphatic heterocycles. The van der Waals surface area contributed by atoms with Gasteiger partial charge in [0.15, 0.2) is 5.76 Å². The SMILES string of the molecule is COc1ccc(-c2cnc(-c3ccccc3C(N)=O)o2)cc1. The zero-order valence-corrected chi connectivity index (χ0v) is 11.9. The van der Waals surface area contributed by atoms with Gasteiger partial charge in [0.25, 0.3) is 0 Å². The van der Waals surface area contributed by atoms with Gasteiger partial charge in [-0.1, -0.05) is 12.1 Å². The number of rotatable bonds is 4. The number of carbonyl (C=O) groups is 1. The highest BCUT2D eigenvalue weighted by Gasteiger charge is 2.14. The summed E-state index contributed by atoms with van der Waals surface area (Å²) in [5.41, 5.74) is 7.21. The number of hydrogen-bond donors (Lipinski definition) is 1. The van der Waals surface area contributed by atoms with Crippen LogP contribution in [0.25, 0.3) is 22.8 Å². The molecule has 110 valence electrons. The molecule has 5 heteroatoms. The van der Waals surface area contributed by atoms with Crippen molar-refractivity contribution in [3.8, 4) is 28.5 Å². The summed E-state index contributed by atoms with van der Waals surface area (Å²) < 4.78 is 10.9. The number of primary amides is 1. The van der Waals surface area contributed by atoms with Crippen LogP contribution in [0, 0.1) is 0 Å². The Kier molecular flexibility index (Phi) is 3.62. The van der Waals surface area contributed by atoms with Gasteiger partial charge in [-0.15, -0.1) is 0 Å². The summed E-state index contributed by atoms with van der Waals surface area (Å²) in [5.74, 6) is 1.22. The Bertz CT molecular complexity index is 807. The van der Waals surface area contributed by atoms with Gasteiger partial charge in [0.1, 0.15) is 5.75 Å². The van der Waals surface area contributed by atoms with Crippen molar-refractivity contribution in [1.82, 2.24) is 4.98 Å². The molecule has 3 aromatic rings. The molecule has 1 aromatic heterocycles. The molecule has 0 saturated heterocycles. The second-order valence-corrected chi connectivity index (χ2v) is 4.67. The Balaban J connectivity index is 1.98. The van der Waals surface area contributed by atoms with Gasteiger partial charge in [0.05, 0.1) is 18.9 Å². The van der Waals surface area contributed by atoms with Crippen LogP contribution >= 0.6 is 0 Å². The van der Waals surface area contributed by atoms with E-state index in [0.29, 0.717) is 22.8 Å². The van der Waals surface area contributed by atoms with Crippen molar-refractivity contribution in [3.05, 3.63) is 60.3 Å². The highest BCUT2D eigenvalue weighted by atomic mass is 16.5. The van der Waals surface area contributed by atoms with Gasteiger partial charge in [-0.2, -0.15) is 0 Å². The van der Waals surface area contributed by atoms with Crippen molar-refractivity contribution in [2.24, 2.45) is 5.73 Å². The minimum absolute atomic E-state index is 0.361. The first-order chi connectivity index (χ1) is 10.7. The lowest BCUT2D eigenvalue weighted by molar-refractivity contribution is 0.100. The highest BCUT2D eigenvalue weighted by molar-refractivity contribution is 5.98. The van der Waals surface area contributed by atoms with Crippen molar-refractivity contribution in [2.75, 3.05) is 7.11 Å². The van der Waals surface area contributed by atoms with E-state index in [9.17, 15) is 4.79 Å². The quantitative estimate of drug-likeness (QED) is 0.802. The fourth-order valence-electron chi connectivity index (χ4n) is 2.17. The molecule has 0 atom stereocenters. The Hall–Kier alpha value is -3.08. The van der Waals surface area contributed by atoms with Crippen molar-refractivity contribution in [1.29, 1.82) is 0 Å². The zero-order chi connectivity index (χ0) is 15.5. The molecule has 0 unspecified atom stereocenters. The number of nitrogens with two attached hydrogens (primary N) is 1. The minimum Gasteiger partial charge on any atom is -0.497 e. The second kappa shape index (κ2) is 5.73. The first-order valence-corrected chi connectivity index (χ1v) is 6.68. The number of hydrogen-bond acceptors (Lipinski definition) is 4. The maximum absolute atomic E-state index is 11.5. The first-order valence-electron chi connectivity index (χ1n) is 6.68. The third-order valence-corrected chi connectivity index (χ3v) is 3.30. The van der Waals surface area contributed by atoms with Gasteiger partial charge in [-0.3, -0.25) is 4.79 Å². The van der Waals surface area contributed by atoms with Crippen LogP contribution < -0.4 is 10.5 Å². The van der Waals surface area contributed by atoms with E-state index >= 15 is 0 Å². The van der Waals surface area contributed by atoms with Gasteiger partial charge in [-0.25, -0.2) is 4.98 Å². The van der Waals surface area contributed by atoms with Gasteiger partial charge in [0.2, 0.25) is 11.8 Å². The van der Waals surface area contributed by atoms with Gasteiger partial charge in [0, 0.05) is 11.1 Å². The molecule has 0 aliphatic carbocycles. The molecule has 22 heavy (non-hydrogen) atoms. The van der Waals surface area contributed by atoms with Gasteiger partial charge >= 0.3 is 0 Å². The normalized spacial score (nSPS) is 10.4. The fraction of sp³-hybridized carbons (Fsp3) is 0.0588. The van der Waals surface area contributed by atoms with E-state index in [1.807, 2.05) is 24.3 Å². The number of amides is 1. The van der Waals surface area contributed by atoms with E-state index in [0.717, 1.165) is 11.3 Å². The topological polar surface area (TPSA) is 78.4 Å². The molecular weight excluding hydrogens is 280 g/mol. The van der Waals surface area contributed by atoms with E-state index in [-0.39, 0.29) is 0 Å². The van der Waals surface area contributed by atoms with Crippen LogP contribution in [-0.4, -0.2) is 18.0 Å². The third kappa shape index (κ3) is 2.56. The van der Waals surface area contributed by atoms with Crippen molar-refractivity contribution in [3.63, 3.8) is 0 Å². The van der Waals surface area contributed by atoms with Gasteiger partial charge in [-0.05, 0) is 36.4 Å². The van der Waals surface area contributed by atoms with E-state index in [1.165, 1.54) is 0 Å². The summed E-state index contributed by atoms with van der Waals surface area (Å²) in [6, 6.07) is 14.4. The van der Waals surface area contributed by atoms with Crippen LogP contribution in [0.1, 0.15) is 10.4 Å². The lowest BCUT2D eigenvalue weighted by Crippen LogP contribution is -2.12. The largest absolute Gasteiger partial charge is 0.497 e. The molecule has 1 heterocycles. The molecule has 5 nitrogen and oxygen atoms in total. The monoisotopic (exact) mass is 294 g/mol. The number of oxazole rings is 1. The van der Waals surface area contributed by atoms with Crippen LogP contribution in [0.4, 0.5) is 0 Å². The van der Waals surface area contributed by atoms with Crippen molar-refractivity contribution >= 4 is 5.91 Å². The standard InChI is InChI=1S/C17H14N2O3/c1-21-12-8-6-11(7-9-12)15-10-19-17(22-15)14-5-3-2-4-13(14)16(18)20/h2-10H,1H3,(H2,18,20). The average Bonchev–Trinajstić information content (AvgIpc) is 3.04. The Morgan fingerprint density at radius 3 is 2.55 bits per heavy atom. The number of methoxy groups -OCH3 is 1. The first kappa shape index (κ1) is 13.9. The zero-order valence-electron chi connectivity index (χ0n) is 11.9. The number of nitrogens with zero attached hydrogens (tertiary/aromatic N) is 1. The minimum atomic E-state index is -0.514. The van der Waals surface area contributed by atoms with E-state index in [1.54, 1.807) is 37.6 Å². The third-order valence-electron chi connectivity index (χ3n) is 3.30. The molecule has 0 bridgehead atoms. The summed E-state index contributed by atoms with van der Waals surface area (Å²) in [4.78, 5) is 15.7. The Morgan fingerprint density at radius 1 is 1.14 bits per heavy atom. The molecule has 0 spiro atoms. The number of ether oxygens (including phenoxy) is 1. The average molecular weight is 294 g/mol. The van der Waals surface area contributed by atoms with Crippen molar-refractivity contribution in [2.45, 2.75) is 0 Å². The lowest BCUT2D eigenvalue weighted by Gasteiger charge is -2.02. The van der Waals surface area contributed by atoms with Crippen LogP contribution in [0.15, 0.2) is 59.1 Å². The molecule has 0 fully saturated rings. The summed E-state index contributed by atoms with van der Waals surface area (Å²) in [5, 5.41) is 0. The number of benzene rings is 2. The maximum Gasteiger partial charge on any atom is 0.249 e. The molecule has 0 saturated carbocycles. The lowest BCUT2D eigenvalue weighted by atomic mass is 10.1. The summed E-state index contributed by atoms with van der Waals surface area (Å²) in [6.45, 7) is 0. The number of carbonyl (C=O) groups excluding carboxylic acids is 1. The summed E-state index contributed by atoms with van der Waals surface area (Å²) in [6.07, 6.45) is 1.62. The number of aromatic nitrogens is 1. The Morgan fingerprint density at radius 2 is 1.86 bits per heavy atom. The van der Waals surface area contributed by atoms with E-state index in [2.05, 4.69) is 4.98 Å². The molecule has 2 aromatic carbocycles. The second-order valence-electron chi connectivity index (χ2n) is 4.67. The van der Waals surface area contributed by atoms with Gasteiger partial charge < -0.3 is 14.9 Å². The molecule has 1 amide bonds. The summed E-state index contributed by atoms with van der Waals surface area (Å²) >= 11 is 0. The van der Waals surface area contributed by atoms with Crippen LogP contribution in [-0.2, 0) is 0 Å². The maximum atomic E-state index is 11.5. The van der Waals surface area contributed by atoms with Crippen molar-refractivity contribution < 1.29 is 13.9 Å². The molecule has 0 radical (unpaired) electrons. The predicted molar refractivity (Wildman–Crippen MR) is 82.4 cm³/mol. The van der Waals surface area contributed by atoms with Crippen LogP contribution in [0.3, 0.4) is 0 Å². The smallest absolute Gasteiger partial charge is 0.249 e. The summed E-state index contributed by atoms with van der Waals surface area (Å²) in [7, 11) is 1.61. The molecular formula is C17H14N2O3. The molecule has 2 N–H and O–H groups in total. The fourth-order valence-corrected chi connectivity index (χ4v) is 2.17. The van der Waals surface area contributed by atoms with E-state index in [4.69, 9.17) is 14.9 Å². The predicted octanol–water partition coefficient (Wildman–Crippen LogP) is 3.12. The molecule has 0 aliphatic rings. The Labute approximate surface area is 127 Å². The highest BCUT2D eigenvalue weighted by Crippen LogP contribution is 2.28. The van der Waals surface area contributed by atoms with Crippen LogP contribution in [0.2, 0.25) is 0 Å². The van der Waals surface area contributed by atoms with E-state index < -0.39 is 5.91 Å². The molecule has 3 rings (SSSR count). The van der Waals surface area contributed by atoms with Crippen LogP contribution in [0.5, 0.6) is 5.75 Å².